The summed E-state index contributed by atoms with van der Waals surface area (Å²) in [6.45, 7) is 2.30. The first kappa shape index (κ1) is 20.9. The minimum atomic E-state index is -0.188. The summed E-state index contributed by atoms with van der Waals surface area (Å²) in [4.78, 5) is 25.8. The molecular weight excluding hydrogens is 398 g/mol. The Morgan fingerprint density at radius 2 is 1.72 bits per heavy atom. The van der Waals surface area contributed by atoms with E-state index in [1.54, 1.807) is 24.7 Å². The summed E-state index contributed by atoms with van der Waals surface area (Å²) in [5, 5.41) is 12.5. The van der Waals surface area contributed by atoms with E-state index in [0.717, 1.165) is 27.9 Å². The number of aromatic nitrogens is 3. The van der Waals surface area contributed by atoms with Gasteiger partial charge in [0.2, 0.25) is 0 Å². The van der Waals surface area contributed by atoms with Crippen LogP contribution in [0.3, 0.4) is 0 Å². The zero-order valence-corrected chi connectivity index (χ0v) is 17.6. The van der Waals surface area contributed by atoms with Gasteiger partial charge in [-0.15, -0.1) is 0 Å². The minimum absolute atomic E-state index is 0.188. The van der Waals surface area contributed by atoms with Crippen molar-refractivity contribution in [2.75, 3.05) is 6.54 Å². The maximum atomic E-state index is 13.0. The number of amides is 1. The molecule has 156 valence electrons. The third-order valence-electron chi connectivity index (χ3n) is 5.05. The molecule has 0 aliphatic rings. The second-order valence-corrected chi connectivity index (χ2v) is 7.32. The Kier molecular flexibility index (Phi) is 6.28. The maximum Gasteiger partial charge on any atom is 0.251 e. The average Bonchev–Trinajstić information content (AvgIpc) is 2.85. The van der Waals surface area contributed by atoms with Gasteiger partial charge < -0.3 is 5.32 Å². The second kappa shape index (κ2) is 9.63. The SMILES string of the molecule is Cc1ncc(CCNC(=O)c2cc(-c3ccccn3)cc(-c3ccccc3C#N)c2)cn1. The molecule has 0 fully saturated rings. The Morgan fingerprint density at radius 3 is 2.47 bits per heavy atom. The van der Waals surface area contributed by atoms with Crippen LogP contribution in [0.1, 0.15) is 27.3 Å². The monoisotopic (exact) mass is 419 g/mol. The first-order valence-electron chi connectivity index (χ1n) is 10.3. The molecule has 2 aromatic carbocycles. The average molecular weight is 419 g/mol. The molecule has 0 saturated heterocycles. The molecular formula is C26H21N5O. The van der Waals surface area contributed by atoms with Crippen molar-refractivity contribution in [1.29, 1.82) is 5.26 Å². The van der Waals surface area contributed by atoms with Crippen LogP contribution in [0.25, 0.3) is 22.4 Å². The normalized spacial score (nSPS) is 10.4. The van der Waals surface area contributed by atoms with Gasteiger partial charge in [0.15, 0.2) is 0 Å². The molecule has 0 unspecified atom stereocenters. The van der Waals surface area contributed by atoms with Crippen LogP contribution < -0.4 is 5.32 Å². The van der Waals surface area contributed by atoms with Gasteiger partial charge in [0.05, 0.1) is 17.3 Å². The molecule has 0 radical (unpaired) electrons. The molecule has 2 heterocycles. The lowest BCUT2D eigenvalue weighted by molar-refractivity contribution is 0.0954. The van der Waals surface area contributed by atoms with Crippen molar-refractivity contribution in [3.05, 3.63) is 102 Å². The highest BCUT2D eigenvalue weighted by Gasteiger charge is 2.13. The molecule has 0 bridgehead atoms. The van der Waals surface area contributed by atoms with E-state index in [0.29, 0.717) is 29.9 Å². The predicted octanol–water partition coefficient (Wildman–Crippen LogP) is 4.36. The molecule has 6 heteroatoms. The number of hydrogen-bond acceptors (Lipinski definition) is 5. The number of nitriles is 1. The lowest BCUT2D eigenvalue weighted by Crippen LogP contribution is -2.25. The molecule has 0 atom stereocenters. The van der Waals surface area contributed by atoms with E-state index in [2.05, 4.69) is 26.3 Å². The largest absolute Gasteiger partial charge is 0.352 e. The number of nitrogens with zero attached hydrogens (tertiary/aromatic N) is 4. The summed E-state index contributed by atoms with van der Waals surface area (Å²) in [7, 11) is 0. The molecule has 0 aliphatic carbocycles. The van der Waals surface area contributed by atoms with Crippen LogP contribution in [0.4, 0.5) is 0 Å². The van der Waals surface area contributed by atoms with Gasteiger partial charge in [-0.2, -0.15) is 5.26 Å². The molecule has 32 heavy (non-hydrogen) atoms. The number of benzene rings is 2. The van der Waals surface area contributed by atoms with Crippen LogP contribution in [-0.2, 0) is 6.42 Å². The zero-order valence-electron chi connectivity index (χ0n) is 17.6. The van der Waals surface area contributed by atoms with Crippen molar-refractivity contribution < 1.29 is 4.79 Å². The second-order valence-electron chi connectivity index (χ2n) is 7.32. The molecule has 2 aromatic heterocycles. The van der Waals surface area contributed by atoms with E-state index in [4.69, 9.17) is 0 Å². The lowest BCUT2D eigenvalue weighted by atomic mass is 9.95. The predicted molar refractivity (Wildman–Crippen MR) is 123 cm³/mol. The van der Waals surface area contributed by atoms with Crippen LogP contribution >= 0.6 is 0 Å². The summed E-state index contributed by atoms with van der Waals surface area (Å²) in [5.41, 5.74) is 5.16. The van der Waals surface area contributed by atoms with Crippen LogP contribution in [0.15, 0.2) is 79.3 Å². The van der Waals surface area contributed by atoms with E-state index in [1.165, 1.54) is 0 Å². The van der Waals surface area contributed by atoms with E-state index < -0.39 is 0 Å². The fourth-order valence-electron chi connectivity index (χ4n) is 3.40. The third-order valence-corrected chi connectivity index (χ3v) is 5.05. The van der Waals surface area contributed by atoms with Crippen LogP contribution in [0, 0.1) is 18.3 Å². The maximum absolute atomic E-state index is 13.0. The quantitative estimate of drug-likeness (QED) is 0.501. The van der Waals surface area contributed by atoms with E-state index in [-0.39, 0.29) is 5.91 Å². The Hall–Kier alpha value is -4.37. The highest BCUT2D eigenvalue weighted by molar-refractivity contribution is 5.97. The van der Waals surface area contributed by atoms with Crippen LogP contribution in [0.2, 0.25) is 0 Å². The first-order chi connectivity index (χ1) is 15.6. The van der Waals surface area contributed by atoms with Gasteiger partial charge in [-0.3, -0.25) is 9.78 Å². The summed E-state index contributed by atoms with van der Waals surface area (Å²) >= 11 is 0. The Balaban J connectivity index is 1.64. The molecule has 4 rings (SSSR count). The number of aryl methyl sites for hydroxylation is 1. The van der Waals surface area contributed by atoms with Gasteiger partial charge in [0, 0.05) is 36.3 Å². The summed E-state index contributed by atoms with van der Waals surface area (Å²) < 4.78 is 0. The summed E-state index contributed by atoms with van der Waals surface area (Å²) in [6, 6.07) is 20.8. The molecule has 4 aromatic rings. The number of nitrogens with one attached hydrogen (secondary N) is 1. The van der Waals surface area contributed by atoms with Gasteiger partial charge in [-0.1, -0.05) is 24.3 Å². The van der Waals surface area contributed by atoms with E-state index in [9.17, 15) is 10.1 Å². The standard InChI is InChI=1S/C26H21N5O/c1-18-30-16-19(17-31-18)9-11-29-26(32)23-13-21(24-7-3-2-6-20(24)15-27)12-22(14-23)25-8-4-5-10-28-25/h2-8,10,12-14,16-17H,9,11H2,1H3,(H,29,32). The van der Waals surface area contributed by atoms with Crippen LogP contribution in [0.5, 0.6) is 0 Å². The van der Waals surface area contributed by atoms with Crippen molar-refractivity contribution in [1.82, 2.24) is 20.3 Å². The summed E-state index contributed by atoms with van der Waals surface area (Å²) in [6.07, 6.45) is 5.89. The first-order valence-corrected chi connectivity index (χ1v) is 10.3. The minimum Gasteiger partial charge on any atom is -0.352 e. The zero-order chi connectivity index (χ0) is 22.3. The van der Waals surface area contributed by atoms with Crippen LogP contribution in [-0.4, -0.2) is 27.4 Å². The number of hydrogen-bond donors (Lipinski definition) is 1. The van der Waals surface area contributed by atoms with Gasteiger partial charge in [-0.05, 0) is 66.4 Å². The Morgan fingerprint density at radius 1 is 0.969 bits per heavy atom. The number of rotatable bonds is 6. The van der Waals surface area contributed by atoms with Gasteiger partial charge in [-0.25, -0.2) is 9.97 Å². The Labute approximate surface area is 186 Å². The van der Waals surface area contributed by atoms with Crippen molar-refractivity contribution in [3.8, 4) is 28.5 Å². The third kappa shape index (κ3) is 4.85. The fraction of sp³-hybridized carbons (Fsp3) is 0.115. The lowest BCUT2D eigenvalue weighted by Gasteiger charge is -2.12. The Bertz CT molecular complexity index is 1280. The van der Waals surface area contributed by atoms with E-state index in [1.807, 2.05) is 61.5 Å². The van der Waals surface area contributed by atoms with Crippen molar-refractivity contribution >= 4 is 5.91 Å². The molecule has 6 nitrogen and oxygen atoms in total. The molecule has 1 amide bonds. The van der Waals surface area contributed by atoms with E-state index >= 15 is 0 Å². The van der Waals surface area contributed by atoms with Gasteiger partial charge >= 0.3 is 0 Å². The van der Waals surface area contributed by atoms with Gasteiger partial charge in [0.25, 0.3) is 5.91 Å². The summed E-state index contributed by atoms with van der Waals surface area (Å²) in [5.74, 6) is 0.529. The molecule has 1 N–H and O–H groups in total. The molecule has 0 aliphatic heterocycles. The van der Waals surface area contributed by atoms with Crippen molar-refractivity contribution in [2.24, 2.45) is 0 Å². The number of carbonyl (C=O) groups excluding carboxylic acids is 1. The van der Waals surface area contributed by atoms with Crippen molar-refractivity contribution in [2.45, 2.75) is 13.3 Å². The number of carbonyl (C=O) groups is 1. The highest BCUT2D eigenvalue weighted by atomic mass is 16.1. The fourth-order valence-corrected chi connectivity index (χ4v) is 3.40. The smallest absolute Gasteiger partial charge is 0.251 e. The topological polar surface area (TPSA) is 91.6 Å². The van der Waals surface area contributed by atoms with Gasteiger partial charge in [0.1, 0.15) is 5.82 Å². The van der Waals surface area contributed by atoms with Crippen molar-refractivity contribution in [3.63, 3.8) is 0 Å². The molecule has 0 saturated carbocycles. The highest BCUT2D eigenvalue weighted by Crippen LogP contribution is 2.29. The number of pyridine rings is 1. The molecule has 0 spiro atoms.